The van der Waals surface area contributed by atoms with E-state index in [1.165, 1.54) is 38.3 Å². The highest BCUT2D eigenvalue weighted by atomic mass is 19.1. The average molecular weight is 298 g/mol. The van der Waals surface area contributed by atoms with Crippen LogP contribution in [0.3, 0.4) is 0 Å². The van der Waals surface area contributed by atoms with E-state index >= 15 is 0 Å². The number of rotatable bonds is 6. The summed E-state index contributed by atoms with van der Waals surface area (Å²) in [7, 11) is 1.42. The number of carbonyl (C=O) groups excluding carboxylic acids is 2. The summed E-state index contributed by atoms with van der Waals surface area (Å²) in [5.74, 6) is -2.05. The molecular formula is C14H19FN2O4. The van der Waals surface area contributed by atoms with E-state index in [2.05, 4.69) is 10.6 Å². The predicted molar refractivity (Wildman–Crippen MR) is 73.8 cm³/mol. The Morgan fingerprint density at radius 3 is 2.38 bits per heavy atom. The first-order valence-corrected chi connectivity index (χ1v) is 6.36. The summed E-state index contributed by atoms with van der Waals surface area (Å²) in [6, 6.07) is 5.56. The average Bonchev–Trinajstić information content (AvgIpc) is 2.44. The molecule has 0 fully saturated rings. The van der Waals surface area contributed by atoms with Crippen LogP contribution >= 0.6 is 0 Å². The van der Waals surface area contributed by atoms with Crippen molar-refractivity contribution >= 4 is 11.8 Å². The Morgan fingerprint density at radius 1 is 1.24 bits per heavy atom. The molecule has 0 spiro atoms. The third-order valence-corrected chi connectivity index (χ3v) is 2.66. The molecule has 0 saturated heterocycles. The minimum absolute atomic E-state index is 0.0322. The maximum absolute atomic E-state index is 12.7. The normalized spacial score (nSPS) is 13.3. The first-order valence-electron chi connectivity index (χ1n) is 6.36. The van der Waals surface area contributed by atoms with Gasteiger partial charge < -0.3 is 20.5 Å². The van der Waals surface area contributed by atoms with Crippen molar-refractivity contribution < 1.29 is 23.8 Å². The van der Waals surface area contributed by atoms with Crippen LogP contribution in [0.15, 0.2) is 24.3 Å². The molecule has 0 radical (unpaired) electrons. The van der Waals surface area contributed by atoms with Gasteiger partial charge in [0.25, 0.3) is 0 Å². The first-order chi connectivity index (χ1) is 9.84. The second-order valence-corrected chi connectivity index (χ2v) is 4.92. The predicted octanol–water partition coefficient (Wildman–Crippen LogP) is -0.0445. The molecule has 6 nitrogen and oxygen atoms in total. The number of nitrogens with one attached hydrogen (secondary N) is 2. The fourth-order valence-corrected chi connectivity index (χ4v) is 1.58. The summed E-state index contributed by atoms with van der Waals surface area (Å²) in [4.78, 5) is 23.1. The molecule has 0 aliphatic carbocycles. The van der Waals surface area contributed by atoms with Gasteiger partial charge >= 0.3 is 11.8 Å². The Morgan fingerprint density at radius 2 is 1.81 bits per heavy atom. The maximum Gasteiger partial charge on any atom is 0.309 e. The third kappa shape index (κ3) is 6.33. The lowest BCUT2D eigenvalue weighted by atomic mass is 10.1. The number of carbonyl (C=O) groups is 2. The Bertz CT molecular complexity index is 488. The molecule has 7 heteroatoms. The van der Waals surface area contributed by atoms with Crippen LogP contribution in [0.1, 0.15) is 12.5 Å². The van der Waals surface area contributed by atoms with Gasteiger partial charge in [-0.2, -0.15) is 0 Å². The number of methoxy groups -OCH3 is 1. The van der Waals surface area contributed by atoms with Gasteiger partial charge in [0.1, 0.15) is 11.4 Å². The van der Waals surface area contributed by atoms with E-state index in [0.29, 0.717) is 5.56 Å². The van der Waals surface area contributed by atoms with Crippen LogP contribution in [0.25, 0.3) is 0 Å². The van der Waals surface area contributed by atoms with Gasteiger partial charge in [-0.15, -0.1) is 0 Å². The Kier molecular flexibility index (Phi) is 6.26. The van der Waals surface area contributed by atoms with Crippen molar-refractivity contribution in [2.45, 2.75) is 19.1 Å². The number of hydrogen-bond acceptors (Lipinski definition) is 4. The van der Waals surface area contributed by atoms with E-state index in [0.717, 1.165) is 0 Å². The highest BCUT2D eigenvalue weighted by molar-refractivity contribution is 6.35. The van der Waals surface area contributed by atoms with Crippen LogP contribution in [-0.2, 0) is 20.9 Å². The zero-order chi connectivity index (χ0) is 15.9. The van der Waals surface area contributed by atoms with E-state index < -0.39 is 17.4 Å². The van der Waals surface area contributed by atoms with Crippen molar-refractivity contribution in [3.8, 4) is 0 Å². The van der Waals surface area contributed by atoms with Crippen LogP contribution in [-0.4, -0.2) is 42.8 Å². The molecule has 0 heterocycles. The van der Waals surface area contributed by atoms with Crippen LogP contribution in [0.2, 0.25) is 0 Å². The smallest absolute Gasteiger partial charge is 0.309 e. The number of aliphatic hydroxyl groups is 1. The molecule has 3 N–H and O–H groups in total. The first kappa shape index (κ1) is 17.1. The Labute approximate surface area is 122 Å². The van der Waals surface area contributed by atoms with Gasteiger partial charge in [0.15, 0.2) is 0 Å². The van der Waals surface area contributed by atoms with Crippen LogP contribution in [0.4, 0.5) is 4.39 Å². The third-order valence-electron chi connectivity index (χ3n) is 2.66. The lowest BCUT2D eigenvalue weighted by Crippen LogP contribution is -2.48. The lowest BCUT2D eigenvalue weighted by Gasteiger charge is -2.22. The van der Waals surface area contributed by atoms with Crippen molar-refractivity contribution in [1.29, 1.82) is 0 Å². The SMILES string of the molecule is COC[C@@](C)(O)CNC(=O)C(=O)NCc1ccc(F)cc1. The highest BCUT2D eigenvalue weighted by Gasteiger charge is 2.23. The molecule has 1 rings (SSSR count). The number of hydrogen-bond donors (Lipinski definition) is 3. The number of amides is 2. The summed E-state index contributed by atoms with van der Waals surface area (Å²) < 4.78 is 17.5. The van der Waals surface area contributed by atoms with E-state index in [1.807, 2.05) is 0 Å². The highest BCUT2D eigenvalue weighted by Crippen LogP contribution is 2.02. The minimum atomic E-state index is -1.25. The lowest BCUT2D eigenvalue weighted by molar-refractivity contribution is -0.140. The molecule has 1 atom stereocenters. The fraction of sp³-hybridized carbons (Fsp3) is 0.429. The minimum Gasteiger partial charge on any atom is -0.386 e. The molecule has 116 valence electrons. The van der Waals surface area contributed by atoms with Crippen LogP contribution in [0, 0.1) is 5.82 Å². The van der Waals surface area contributed by atoms with Crippen molar-refractivity contribution in [2.24, 2.45) is 0 Å². The van der Waals surface area contributed by atoms with Gasteiger partial charge in [-0.25, -0.2) is 4.39 Å². The van der Waals surface area contributed by atoms with E-state index in [-0.39, 0.29) is 25.5 Å². The molecular weight excluding hydrogens is 279 g/mol. The van der Waals surface area contributed by atoms with Crippen LogP contribution < -0.4 is 10.6 Å². The molecule has 0 aliphatic heterocycles. The monoisotopic (exact) mass is 298 g/mol. The van der Waals surface area contributed by atoms with Gasteiger partial charge in [0.05, 0.1) is 6.61 Å². The quantitative estimate of drug-likeness (QED) is 0.643. The number of benzene rings is 1. The zero-order valence-electron chi connectivity index (χ0n) is 12.0. The maximum atomic E-state index is 12.7. The second kappa shape index (κ2) is 7.70. The molecule has 0 aliphatic rings. The fourth-order valence-electron chi connectivity index (χ4n) is 1.58. The van der Waals surface area contributed by atoms with Gasteiger partial charge in [0, 0.05) is 20.2 Å². The molecule has 0 aromatic heterocycles. The molecule has 21 heavy (non-hydrogen) atoms. The molecule has 1 aromatic rings. The summed E-state index contributed by atoms with van der Waals surface area (Å²) >= 11 is 0. The van der Waals surface area contributed by atoms with Crippen molar-refractivity contribution in [3.05, 3.63) is 35.6 Å². The summed E-state index contributed by atoms with van der Waals surface area (Å²) in [5, 5.41) is 14.5. The largest absolute Gasteiger partial charge is 0.386 e. The molecule has 0 unspecified atom stereocenters. The van der Waals surface area contributed by atoms with E-state index in [1.54, 1.807) is 0 Å². The molecule has 2 amide bonds. The van der Waals surface area contributed by atoms with Crippen molar-refractivity contribution in [1.82, 2.24) is 10.6 Å². The standard InChI is InChI=1S/C14H19FN2O4/c1-14(20,9-21-2)8-17-13(19)12(18)16-7-10-3-5-11(15)6-4-10/h3-6,20H,7-9H2,1-2H3,(H,16,18)(H,17,19)/t14-/m0/s1. The van der Waals surface area contributed by atoms with Crippen LogP contribution in [0.5, 0.6) is 0 Å². The van der Waals surface area contributed by atoms with Gasteiger partial charge in [-0.05, 0) is 24.6 Å². The van der Waals surface area contributed by atoms with E-state index in [9.17, 15) is 19.1 Å². The Balaban J connectivity index is 2.37. The summed E-state index contributed by atoms with van der Waals surface area (Å²) in [5.41, 5.74) is -0.578. The van der Waals surface area contributed by atoms with Crippen molar-refractivity contribution in [3.63, 3.8) is 0 Å². The molecule has 0 saturated carbocycles. The van der Waals surface area contributed by atoms with Gasteiger partial charge in [-0.3, -0.25) is 9.59 Å². The topological polar surface area (TPSA) is 87.7 Å². The molecule has 1 aromatic carbocycles. The second-order valence-electron chi connectivity index (χ2n) is 4.92. The summed E-state index contributed by atoms with van der Waals surface area (Å²) in [6.07, 6.45) is 0. The number of halogens is 1. The number of ether oxygens (including phenoxy) is 1. The zero-order valence-corrected chi connectivity index (χ0v) is 12.0. The van der Waals surface area contributed by atoms with E-state index in [4.69, 9.17) is 4.74 Å². The summed E-state index contributed by atoms with van der Waals surface area (Å²) in [6.45, 7) is 1.52. The Hall–Kier alpha value is -1.99. The van der Waals surface area contributed by atoms with Gasteiger partial charge in [0.2, 0.25) is 0 Å². The molecule has 0 bridgehead atoms. The van der Waals surface area contributed by atoms with Gasteiger partial charge in [-0.1, -0.05) is 12.1 Å². The van der Waals surface area contributed by atoms with Crippen molar-refractivity contribution in [2.75, 3.05) is 20.3 Å².